The molecule has 5 nitrogen and oxygen atoms in total. The molecule has 0 saturated heterocycles. The highest BCUT2D eigenvalue weighted by Gasteiger charge is 2.12. The highest BCUT2D eigenvalue weighted by Crippen LogP contribution is 2.34. The van der Waals surface area contributed by atoms with Crippen molar-refractivity contribution in [3.63, 3.8) is 0 Å². The maximum atomic E-state index is 11.1. The molecule has 0 unspecified atom stereocenters. The molecule has 1 aliphatic rings. The Hall–Kier alpha value is -2.69. The highest BCUT2D eigenvalue weighted by molar-refractivity contribution is 5.92. The SMILES string of the molecule is NC(=O)c1cccc(CNc2ccc3c(c2)OCO3)c1. The van der Waals surface area contributed by atoms with Gasteiger partial charge in [0.25, 0.3) is 0 Å². The Bertz CT molecular complexity index is 655. The molecule has 102 valence electrons. The number of hydrogen-bond donors (Lipinski definition) is 2. The summed E-state index contributed by atoms with van der Waals surface area (Å²) in [6.45, 7) is 0.861. The molecule has 0 radical (unpaired) electrons. The molecule has 0 bridgehead atoms. The molecule has 1 heterocycles. The van der Waals surface area contributed by atoms with Crippen LogP contribution in [0, 0.1) is 0 Å². The molecule has 2 aromatic rings. The second-order valence-corrected chi connectivity index (χ2v) is 4.49. The second-order valence-electron chi connectivity index (χ2n) is 4.49. The van der Waals surface area contributed by atoms with Gasteiger partial charge in [-0.25, -0.2) is 0 Å². The number of amides is 1. The summed E-state index contributed by atoms with van der Waals surface area (Å²) in [5.74, 6) is 1.07. The fraction of sp³-hybridized carbons (Fsp3) is 0.133. The molecule has 3 N–H and O–H groups in total. The molecule has 20 heavy (non-hydrogen) atoms. The zero-order valence-corrected chi connectivity index (χ0v) is 10.8. The van der Waals surface area contributed by atoms with Crippen molar-refractivity contribution in [1.29, 1.82) is 0 Å². The molecule has 0 fully saturated rings. The average molecular weight is 270 g/mol. The molecule has 2 aromatic carbocycles. The Morgan fingerprint density at radius 3 is 2.85 bits per heavy atom. The van der Waals surface area contributed by atoms with E-state index in [0.29, 0.717) is 12.1 Å². The monoisotopic (exact) mass is 270 g/mol. The molecule has 1 aliphatic heterocycles. The minimum absolute atomic E-state index is 0.263. The van der Waals surface area contributed by atoms with E-state index >= 15 is 0 Å². The first kappa shape index (κ1) is 12.3. The van der Waals surface area contributed by atoms with Crippen molar-refractivity contribution in [1.82, 2.24) is 0 Å². The van der Waals surface area contributed by atoms with Crippen molar-refractivity contribution in [2.45, 2.75) is 6.54 Å². The molecule has 0 saturated carbocycles. The van der Waals surface area contributed by atoms with Crippen LogP contribution in [0.2, 0.25) is 0 Å². The number of carbonyl (C=O) groups is 1. The smallest absolute Gasteiger partial charge is 0.248 e. The number of fused-ring (bicyclic) bond motifs is 1. The predicted octanol–water partition coefficient (Wildman–Crippen LogP) is 2.13. The summed E-state index contributed by atoms with van der Waals surface area (Å²) in [4.78, 5) is 11.1. The molecule has 0 atom stereocenters. The van der Waals surface area contributed by atoms with Gasteiger partial charge in [0.2, 0.25) is 12.7 Å². The van der Waals surface area contributed by atoms with Crippen molar-refractivity contribution in [2.24, 2.45) is 5.73 Å². The number of primary amides is 1. The maximum Gasteiger partial charge on any atom is 0.248 e. The van der Waals surface area contributed by atoms with Crippen LogP contribution in [0.5, 0.6) is 11.5 Å². The number of ether oxygens (including phenoxy) is 2. The molecule has 0 spiro atoms. The standard InChI is InChI=1S/C15H14N2O3/c16-15(18)11-3-1-2-10(6-11)8-17-12-4-5-13-14(7-12)20-9-19-13/h1-7,17H,8-9H2,(H2,16,18). The lowest BCUT2D eigenvalue weighted by Gasteiger charge is -2.08. The van der Waals surface area contributed by atoms with E-state index in [1.54, 1.807) is 12.1 Å². The van der Waals surface area contributed by atoms with Gasteiger partial charge in [-0.3, -0.25) is 4.79 Å². The summed E-state index contributed by atoms with van der Waals surface area (Å²) in [6, 6.07) is 12.9. The average Bonchev–Trinajstić information content (AvgIpc) is 2.93. The number of rotatable bonds is 4. The van der Waals surface area contributed by atoms with E-state index in [1.165, 1.54) is 0 Å². The van der Waals surface area contributed by atoms with Crippen LogP contribution >= 0.6 is 0 Å². The maximum absolute atomic E-state index is 11.1. The van der Waals surface area contributed by atoms with Crippen LogP contribution in [-0.4, -0.2) is 12.7 Å². The minimum atomic E-state index is -0.421. The van der Waals surface area contributed by atoms with Gasteiger partial charge in [0.1, 0.15) is 0 Å². The topological polar surface area (TPSA) is 73.6 Å². The summed E-state index contributed by atoms with van der Waals surface area (Å²) >= 11 is 0. The summed E-state index contributed by atoms with van der Waals surface area (Å²) in [7, 11) is 0. The van der Waals surface area contributed by atoms with Crippen molar-refractivity contribution in [3.8, 4) is 11.5 Å². The Balaban J connectivity index is 1.70. The van der Waals surface area contributed by atoms with Gasteiger partial charge in [-0.2, -0.15) is 0 Å². The van der Waals surface area contributed by atoms with E-state index < -0.39 is 5.91 Å². The van der Waals surface area contributed by atoms with E-state index in [0.717, 1.165) is 22.7 Å². The van der Waals surface area contributed by atoms with E-state index in [9.17, 15) is 4.79 Å². The molecule has 1 amide bonds. The number of benzene rings is 2. The van der Waals surface area contributed by atoms with E-state index in [1.807, 2.05) is 30.3 Å². The van der Waals surface area contributed by atoms with Crippen molar-refractivity contribution < 1.29 is 14.3 Å². The number of nitrogens with one attached hydrogen (secondary N) is 1. The highest BCUT2D eigenvalue weighted by atomic mass is 16.7. The molecular weight excluding hydrogens is 256 g/mol. The zero-order chi connectivity index (χ0) is 13.9. The van der Waals surface area contributed by atoms with Gasteiger partial charge in [-0.1, -0.05) is 12.1 Å². The predicted molar refractivity (Wildman–Crippen MR) is 74.9 cm³/mol. The third-order valence-electron chi connectivity index (χ3n) is 3.08. The van der Waals surface area contributed by atoms with Crippen molar-refractivity contribution >= 4 is 11.6 Å². The summed E-state index contributed by atoms with van der Waals surface area (Å²) in [5, 5.41) is 3.27. The third kappa shape index (κ3) is 2.51. The first-order chi connectivity index (χ1) is 9.72. The van der Waals surface area contributed by atoms with Gasteiger partial charge in [0.15, 0.2) is 11.5 Å². The molecule has 0 aromatic heterocycles. The molecular formula is C15H14N2O3. The van der Waals surface area contributed by atoms with Crippen LogP contribution in [0.25, 0.3) is 0 Å². The van der Waals surface area contributed by atoms with Crippen LogP contribution < -0.4 is 20.5 Å². The van der Waals surface area contributed by atoms with Crippen molar-refractivity contribution in [2.75, 3.05) is 12.1 Å². The largest absolute Gasteiger partial charge is 0.454 e. The van der Waals surface area contributed by atoms with Gasteiger partial charge in [0.05, 0.1) is 0 Å². The molecule has 0 aliphatic carbocycles. The van der Waals surface area contributed by atoms with Crippen LogP contribution in [-0.2, 0) is 6.54 Å². The fourth-order valence-electron chi connectivity index (χ4n) is 2.05. The number of nitrogens with two attached hydrogens (primary N) is 1. The second kappa shape index (κ2) is 5.13. The van der Waals surface area contributed by atoms with Crippen LogP contribution in [0.3, 0.4) is 0 Å². The first-order valence-electron chi connectivity index (χ1n) is 6.24. The number of anilines is 1. The van der Waals surface area contributed by atoms with Crippen LogP contribution in [0.4, 0.5) is 5.69 Å². The van der Waals surface area contributed by atoms with Gasteiger partial charge in [-0.15, -0.1) is 0 Å². The molecule has 3 rings (SSSR count). The van der Waals surface area contributed by atoms with E-state index in [2.05, 4.69) is 5.32 Å². The lowest BCUT2D eigenvalue weighted by molar-refractivity contribution is 0.1000. The van der Waals surface area contributed by atoms with Gasteiger partial charge >= 0.3 is 0 Å². The summed E-state index contributed by atoms with van der Waals surface area (Å²) in [5.41, 5.74) is 7.69. The number of carbonyl (C=O) groups excluding carboxylic acids is 1. The Kier molecular flexibility index (Phi) is 3.16. The Labute approximate surface area is 116 Å². The number of hydrogen-bond acceptors (Lipinski definition) is 4. The third-order valence-corrected chi connectivity index (χ3v) is 3.08. The van der Waals surface area contributed by atoms with Crippen LogP contribution in [0.1, 0.15) is 15.9 Å². The van der Waals surface area contributed by atoms with Gasteiger partial charge in [-0.05, 0) is 29.8 Å². The zero-order valence-electron chi connectivity index (χ0n) is 10.8. The van der Waals surface area contributed by atoms with Gasteiger partial charge in [0, 0.05) is 23.9 Å². The van der Waals surface area contributed by atoms with Gasteiger partial charge < -0.3 is 20.5 Å². The minimum Gasteiger partial charge on any atom is -0.454 e. The Morgan fingerprint density at radius 1 is 1.15 bits per heavy atom. The van der Waals surface area contributed by atoms with E-state index in [4.69, 9.17) is 15.2 Å². The summed E-state index contributed by atoms with van der Waals surface area (Å²) < 4.78 is 10.6. The normalized spacial score (nSPS) is 12.2. The quantitative estimate of drug-likeness (QED) is 0.892. The van der Waals surface area contributed by atoms with Crippen LogP contribution in [0.15, 0.2) is 42.5 Å². The lowest BCUT2D eigenvalue weighted by atomic mass is 10.1. The summed E-state index contributed by atoms with van der Waals surface area (Å²) in [6.07, 6.45) is 0. The fourth-order valence-corrected chi connectivity index (χ4v) is 2.05. The van der Waals surface area contributed by atoms with E-state index in [-0.39, 0.29) is 6.79 Å². The lowest BCUT2D eigenvalue weighted by Crippen LogP contribution is -2.11. The Morgan fingerprint density at radius 2 is 2.00 bits per heavy atom. The molecule has 5 heteroatoms. The first-order valence-corrected chi connectivity index (χ1v) is 6.24. The van der Waals surface area contributed by atoms with Crippen molar-refractivity contribution in [3.05, 3.63) is 53.6 Å².